The van der Waals surface area contributed by atoms with Gasteiger partial charge in [-0.25, -0.2) is 0 Å². The van der Waals surface area contributed by atoms with E-state index in [0.29, 0.717) is 25.9 Å². The summed E-state index contributed by atoms with van der Waals surface area (Å²) < 4.78 is 38.4. The van der Waals surface area contributed by atoms with Crippen LogP contribution in [0.25, 0.3) is 0 Å². The van der Waals surface area contributed by atoms with E-state index in [2.05, 4.69) is 10.6 Å². The molecule has 0 aliphatic carbocycles. The number of aliphatic hydroxyl groups is 1. The van der Waals surface area contributed by atoms with E-state index in [0.717, 1.165) is 6.07 Å². The van der Waals surface area contributed by atoms with Crippen LogP contribution < -0.4 is 10.6 Å². The second-order valence-electron chi connectivity index (χ2n) is 4.87. The number of alkyl halides is 3. The third kappa shape index (κ3) is 3.61. The van der Waals surface area contributed by atoms with Crippen molar-refractivity contribution in [3.05, 3.63) is 29.8 Å². The molecule has 3 N–H and O–H groups in total. The smallest absolute Gasteiger partial charge is 0.388 e. The number of hydrogen-bond donors (Lipinski definition) is 3. The highest BCUT2D eigenvalue weighted by atomic mass is 19.4. The molecule has 6 heteroatoms. The lowest BCUT2D eigenvalue weighted by atomic mass is 9.92. The van der Waals surface area contributed by atoms with Crippen LogP contribution in [0.15, 0.2) is 24.3 Å². The Morgan fingerprint density at radius 3 is 2.47 bits per heavy atom. The van der Waals surface area contributed by atoms with Crippen molar-refractivity contribution in [2.24, 2.45) is 0 Å². The molecule has 1 saturated heterocycles. The Hall–Kier alpha value is -1.27. The zero-order chi connectivity index (χ0) is 13.9. The molecule has 3 nitrogen and oxygen atoms in total. The molecule has 0 aromatic heterocycles. The van der Waals surface area contributed by atoms with Gasteiger partial charge in [0.2, 0.25) is 0 Å². The van der Waals surface area contributed by atoms with Crippen molar-refractivity contribution >= 4 is 5.69 Å². The van der Waals surface area contributed by atoms with Crippen molar-refractivity contribution in [2.45, 2.75) is 24.6 Å². The molecule has 106 valence electrons. The van der Waals surface area contributed by atoms with Crippen LogP contribution >= 0.6 is 0 Å². The largest absolute Gasteiger partial charge is 0.418 e. The lowest BCUT2D eigenvalue weighted by Gasteiger charge is -2.33. The minimum Gasteiger partial charge on any atom is -0.388 e. The van der Waals surface area contributed by atoms with Gasteiger partial charge in [0.15, 0.2) is 0 Å². The first kappa shape index (κ1) is 14.1. The lowest BCUT2D eigenvalue weighted by Crippen LogP contribution is -2.46. The van der Waals surface area contributed by atoms with Crippen LogP contribution in [-0.4, -0.2) is 30.3 Å². The maximum Gasteiger partial charge on any atom is 0.418 e. The average Bonchev–Trinajstić information content (AvgIpc) is 2.37. The fraction of sp³-hybridized carbons (Fsp3) is 0.538. The molecular formula is C13H17F3N2O. The van der Waals surface area contributed by atoms with Crippen LogP contribution in [0.2, 0.25) is 0 Å². The van der Waals surface area contributed by atoms with E-state index >= 15 is 0 Å². The minimum absolute atomic E-state index is 0.0157. The summed E-state index contributed by atoms with van der Waals surface area (Å²) in [4.78, 5) is 0. The van der Waals surface area contributed by atoms with Gasteiger partial charge in [0, 0.05) is 12.2 Å². The van der Waals surface area contributed by atoms with Crippen molar-refractivity contribution in [3.63, 3.8) is 0 Å². The third-order valence-corrected chi connectivity index (χ3v) is 3.37. The number of para-hydroxylation sites is 1. The van der Waals surface area contributed by atoms with Gasteiger partial charge in [-0.2, -0.15) is 13.2 Å². The Kier molecular flexibility index (Phi) is 4.01. The molecule has 0 atom stereocenters. The number of rotatable bonds is 3. The van der Waals surface area contributed by atoms with Crippen molar-refractivity contribution in [3.8, 4) is 0 Å². The number of benzene rings is 1. The summed E-state index contributed by atoms with van der Waals surface area (Å²) in [6.45, 7) is 1.49. The SMILES string of the molecule is OC1(CNc2ccccc2C(F)(F)F)CCNCC1. The molecule has 0 bridgehead atoms. The fourth-order valence-electron chi connectivity index (χ4n) is 2.21. The fourth-order valence-corrected chi connectivity index (χ4v) is 2.21. The maximum atomic E-state index is 12.8. The first-order chi connectivity index (χ1) is 8.91. The second-order valence-corrected chi connectivity index (χ2v) is 4.87. The van der Waals surface area contributed by atoms with Crippen LogP contribution in [0, 0.1) is 0 Å². The highest BCUT2D eigenvalue weighted by Gasteiger charge is 2.34. The Morgan fingerprint density at radius 1 is 1.21 bits per heavy atom. The van der Waals surface area contributed by atoms with E-state index in [9.17, 15) is 18.3 Å². The van der Waals surface area contributed by atoms with E-state index in [1.807, 2.05) is 0 Å². The van der Waals surface area contributed by atoms with Crippen molar-refractivity contribution in [2.75, 3.05) is 25.0 Å². The third-order valence-electron chi connectivity index (χ3n) is 3.37. The normalized spacial score (nSPS) is 19.2. The molecule has 0 amide bonds. The molecule has 1 aromatic carbocycles. The summed E-state index contributed by atoms with van der Waals surface area (Å²) >= 11 is 0. The number of halogens is 3. The molecule has 0 unspecified atom stereocenters. The van der Waals surface area contributed by atoms with Gasteiger partial charge >= 0.3 is 6.18 Å². The topological polar surface area (TPSA) is 44.3 Å². The molecule has 2 rings (SSSR count). The van der Waals surface area contributed by atoms with E-state index < -0.39 is 17.3 Å². The van der Waals surface area contributed by atoms with Crippen LogP contribution in [0.3, 0.4) is 0 Å². The predicted octanol–water partition coefficient (Wildman–Crippen LogP) is 2.23. The van der Waals surface area contributed by atoms with Gasteiger partial charge in [-0.1, -0.05) is 12.1 Å². The second kappa shape index (κ2) is 5.38. The zero-order valence-electron chi connectivity index (χ0n) is 10.4. The molecule has 1 aromatic rings. The van der Waals surface area contributed by atoms with Gasteiger partial charge in [-0.15, -0.1) is 0 Å². The Balaban J connectivity index is 2.07. The summed E-state index contributed by atoms with van der Waals surface area (Å²) in [5.41, 5.74) is -1.63. The summed E-state index contributed by atoms with van der Waals surface area (Å²) in [6.07, 6.45) is -3.32. The molecule has 19 heavy (non-hydrogen) atoms. The Morgan fingerprint density at radius 2 is 1.84 bits per heavy atom. The van der Waals surface area contributed by atoms with E-state index in [1.165, 1.54) is 12.1 Å². The predicted molar refractivity (Wildman–Crippen MR) is 67.0 cm³/mol. The number of nitrogens with one attached hydrogen (secondary N) is 2. The highest BCUT2D eigenvalue weighted by Crippen LogP contribution is 2.34. The van der Waals surface area contributed by atoms with Gasteiger partial charge in [0.05, 0.1) is 11.2 Å². The number of hydrogen-bond acceptors (Lipinski definition) is 3. The van der Waals surface area contributed by atoms with Crippen LogP contribution in [0.1, 0.15) is 18.4 Å². The first-order valence-electron chi connectivity index (χ1n) is 6.24. The molecule has 0 saturated carbocycles. The molecule has 0 spiro atoms. The lowest BCUT2D eigenvalue weighted by molar-refractivity contribution is -0.137. The Bertz CT molecular complexity index is 428. The van der Waals surface area contributed by atoms with Gasteiger partial charge in [0.25, 0.3) is 0 Å². The summed E-state index contributed by atoms with van der Waals surface area (Å²) in [5, 5.41) is 16.1. The van der Waals surface area contributed by atoms with Gasteiger partial charge < -0.3 is 15.7 Å². The molecule has 1 heterocycles. The highest BCUT2D eigenvalue weighted by molar-refractivity contribution is 5.52. The zero-order valence-corrected chi connectivity index (χ0v) is 10.4. The van der Waals surface area contributed by atoms with Crippen LogP contribution in [0.4, 0.5) is 18.9 Å². The molecule has 1 aliphatic heterocycles. The van der Waals surface area contributed by atoms with Gasteiger partial charge in [-0.3, -0.25) is 0 Å². The van der Waals surface area contributed by atoms with Gasteiger partial charge in [0.1, 0.15) is 0 Å². The molecule has 0 radical (unpaired) electrons. The quantitative estimate of drug-likeness (QED) is 0.792. The molecule has 1 fully saturated rings. The standard InChI is InChI=1S/C13H17F3N2O/c14-13(15,16)10-3-1-2-4-11(10)18-9-12(19)5-7-17-8-6-12/h1-4,17-19H,5-9H2. The maximum absolute atomic E-state index is 12.8. The van der Waals surface area contributed by atoms with Crippen LogP contribution in [-0.2, 0) is 6.18 Å². The van der Waals surface area contributed by atoms with E-state index in [1.54, 1.807) is 6.07 Å². The number of piperidine rings is 1. The van der Waals surface area contributed by atoms with Crippen molar-refractivity contribution in [1.29, 1.82) is 0 Å². The average molecular weight is 274 g/mol. The van der Waals surface area contributed by atoms with Gasteiger partial charge in [-0.05, 0) is 38.1 Å². The Labute approximate surface area is 109 Å². The van der Waals surface area contributed by atoms with E-state index in [-0.39, 0.29) is 12.2 Å². The minimum atomic E-state index is -4.39. The first-order valence-corrected chi connectivity index (χ1v) is 6.24. The van der Waals surface area contributed by atoms with Crippen LogP contribution in [0.5, 0.6) is 0 Å². The van der Waals surface area contributed by atoms with Crippen molar-refractivity contribution in [1.82, 2.24) is 5.32 Å². The monoisotopic (exact) mass is 274 g/mol. The number of anilines is 1. The summed E-state index contributed by atoms with van der Waals surface area (Å²) in [7, 11) is 0. The molecule has 1 aliphatic rings. The van der Waals surface area contributed by atoms with E-state index in [4.69, 9.17) is 0 Å². The van der Waals surface area contributed by atoms with Crippen molar-refractivity contribution < 1.29 is 18.3 Å². The summed E-state index contributed by atoms with van der Waals surface area (Å²) in [5.74, 6) is 0. The summed E-state index contributed by atoms with van der Waals surface area (Å²) in [6, 6.07) is 5.32. The molecular weight excluding hydrogens is 257 g/mol.